The maximum Gasteiger partial charge on any atom is 0.253 e. The van der Waals surface area contributed by atoms with Gasteiger partial charge in [0.2, 0.25) is 5.91 Å². The van der Waals surface area contributed by atoms with Crippen LogP contribution in [0.15, 0.2) is 48.5 Å². The lowest BCUT2D eigenvalue weighted by atomic mass is 9.88. The zero-order valence-corrected chi connectivity index (χ0v) is 19.6. The molecule has 0 radical (unpaired) electrons. The zero-order valence-electron chi connectivity index (χ0n) is 19.6. The molecule has 2 aromatic rings. The Bertz CT molecular complexity index is 1060. The van der Waals surface area contributed by atoms with Crippen molar-refractivity contribution < 1.29 is 18.8 Å². The maximum absolute atomic E-state index is 13.6. The molecule has 1 aliphatic heterocycles. The first-order valence-corrected chi connectivity index (χ1v) is 12.1. The number of piperidine rings is 1. The highest BCUT2D eigenvalue weighted by molar-refractivity contribution is 5.96. The SMILES string of the molecule is Cc1ccccc1C(=O)N[C@@H]1CCCCC1NC(=O)C1CCCN(C(=O)c2cccc(F)c2)C1. The second-order valence-corrected chi connectivity index (χ2v) is 9.40. The molecule has 34 heavy (non-hydrogen) atoms. The highest BCUT2D eigenvalue weighted by Crippen LogP contribution is 2.23. The third-order valence-electron chi connectivity index (χ3n) is 6.95. The van der Waals surface area contributed by atoms with Gasteiger partial charge in [-0.1, -0.05) is 37.1 Å². The third kappa shape index (κ3) is 5.64. The van der Waals surface area contributed by atoms with Crippen LogP contribution in [0.25, 0.3) is 0 Å². The predicted molar refractivity (Wildman–Crippen MR) is 128 cm³/mol. The van der Waals surface area contributed by atoms with Crippen molar-refractivity contribution in [2.24, 2.45) is 5.92 Å². The number of rotatable bonds is 5. The van der Waals surface area contributed by atoms with E-state index in [1.165, 1.54) is 18.2 Å². The Morgan fingerprint density at radius 2 is 1.65 bits per heavy atom. The van der Waals surface area contributed by atoms with Gasteiger partial charge in [0.15, 0.2) is 0 Å². The van der Waals surface area contributed by atoms with Crippen LogP contribution in [0.1, 0.15) is 64.8 Å². The molecule has 0 bridgehead atoms. The lowest BCUT2D eigenvalue weighted by molar-refractivity contribution is -0.127. The van der Waals surface area contributed by atoms with E-state index in [1.54, 1.807) is 11.0 Å². The van der Waals surface area contributed by atoms with Crippen LogP contribution in [-0.2, 0) is 4.79 Å². The first-order valence-electron chi connectivity index (χ1n) is 12.1. The molecule has 1 heterocycles. The highest BCUT2D eigenvalue weighted by Gasteiger charge is 2.33. The summed E-state index contributed by atoms with van der Waals surface area (Å²) in [5.41, 5.74) is 1.87. The summed E-state index contributed by atoms with van der Waals surface area (Å²) >= 11 is 0. The first kappa shape index (κ1) is 23.9. The number of hydrogen-bond acceptors (Lipinski definition) is 3. The fourth-order valence-corrected chi connectivity index (χ4v) is 5.03. The summed E-state index contributed by atoms with van der Waals surface area (Å²) in [5.74, 6) is -1.22. The van der Waals surface area contributed by atoms with Gasteiger partial charge < -0.3 is 15.5 Å². The first-order chi connectivity index (χ1) is 16.4. The van der Waals surface area contributed by atoms with E-state index in [4.69, 9.17) is 0 Å². The van der Waals surface area contributed by atoms with Gasteiger partial charge in [-0.2, -0.15) is 0 Å². The molecular weight excluding hydrogens is 433 g/mol. The van der Waals surface area contributed by atoms with Crippen LogP contribution in [0.3, 0.4) is 0 Å². The summed E-state index contributed by atoms with van der Waals surface area (Å²) in [5, 5.41) is 6.30. The average Bonchev–Trinajstić information content (AvgIpc) is 2.85. The van der Waals surface area contributed by atoms with Gasteiger partial charge in [-0.15, -0.1) is 0 Å². The van der Waals surface area contributed by atoms with Gasteiger partial charge in [0.05, 0.1) is 5.92 Å². The van der Waals surface area contributed by atoms with E-state index in [0.29, 0.717) is 30.6 Å². The van der Waals surface area contributed by atoms with Crippen molar-refractivity contribution in [3.8, 4) is 0 Å². The molecule has 180 valence electrons. The predicted octanol–water partition coefficient (Wildman–Crippen LogP) is 3.84. The average molecular weight is 466 g/mol. The van der Waals surface area contributed by atoms with Crippen LogP contribution in [0.5, 0.6) is 0 Å². The number of amides is 3. The van der Waals surface area contributed by atoms with E-state index < -0.39 is 5.82 Å². The van der Waals surface area contributed by atoms with Gasteiger partial charge >= 0.3 is 0 Å². The molecule has 2 unspecified atom stereocenters. The van der Waals surface area contributed by atoms with Crippen molar-refractivity contribution in [3.05, 3.63) is 71.0 Å². The quantitative estimate of drug-likeness (QED) is 0.704. The molecule has 0 aromatic heterocycles. The summed E-state index contributed by atoms with van der Waals surface area (Å²) in [6.07, 6.45) is 5.05. The lowest BCUT2D eigenvalue weighted by Crippen LogP contribution is -2.55. The Morgan fingerprint density at radius 3 is 2.38 bits per heavy atom. The summed E-state index contributed by atoms with van der Waals surface area (Å²) in [4.78, 5) is 40.5. The molecule has 2 aliphatic rings. The molecule has 1 saturated heterocycles. The minimum Gasteiger partial charge on any atom is -0.351 e. The number of carbonyl (C=O) groups is 3. The van der Waals surface area contributed by atoms with Crippen molar-refractivity contribution in [2.45, 2.75) is 57.5 Å². The molecule has 1 aliphatic carbocycles. The van der Waals surface area contributed by atoms with Gasteiger partial charge in [-0.25, -0.2) is 4.39 Å². The lowest BCUT2D eigenvalue weighted by Gasteiger charge is -2.36. The largest absolute Gasteiger partial charge is 0.351 e. The molecule has 7 heteroatoms. The van der Waals surface area contributed by atoms with Crippen molar-refractivity contribution in [1.29, 1.82) is 0 Å². The van der Waals surface area contributed by atoms with Gasteiger partial charge in [-0.05, 0) is 62.4 Å². The Hall–Kier alpha value is -3.22. The smallest absolute Gasteiger partial charge is 0.253 e. The minimum absolute atomic E-state index is 0.0845. The Morgan fingerprint density at radius 1 is 0.912 bits per heavy atom. The molecule has 2 fully saturated rings. The summed E-state index contributed by atoms with van der Waals surface area (Å²) in [6.45, 7) is 2.78. The molecule has 1 saturated carbocycles. The van der Waals surface area contributed by atoms with Gasteiger partial charge in [-0.3, -0.25) is 14.4 Å². The summed E-state index contributed by atoms with van der Waals surface area (Å²) in [7, 11) is 0. The molecular formula is C27H32FN3O3. The van der Waals surface area contributed by atoms with E-state index in [0.717, 1.165) is 37.7 Å². The van der Waals surface area contributed by atoms with Gasteiger partial charge in [0, 0.05) is 36.3 Å². The molecule has 6 nitrogen and oxygen atoms in total. The van der Waals surface area contributed by atoms with Crippen molar-refractivity contribution in [3.63, 3.8) is 0 Å². The maximum atomic E-state index is 13.6. The molecule has 3 amide bonds. The number of carbonyl (C=O) groups excluding carboxylic acids is 3. The second kappa shape index (κ2) is 10.8. The van der Waals surface area contributed by atoms with E-state index >= 15 is 0 Å². The van der Waals surface area contributed by atoms with E-state index in [9.17, 15) is 18.8 Å². The second-order valence-electron chi connectivity index (χ2n) is 9.40. The number of halogens is 1. The van der Waals surface area contributed by atoms with Crippen LogP contribution < -0.4 is 10.6 Å². The van der Waals surface area contributed by atoms with Crippen molar-refractivity contribution in [2.75, 3.05) is 13.1 Å². The number of hydrogen-bond donors (Lipinski definition) is 2. The summed E-state index contributed by atoms with van der Waals surface area (Å²) in [6, 6.07) is 12.9. The molecule has 3 atom stereocenters. The Labute approximate surface area is 199 Å². The Kier molecular flexibility index (Phi) is 7.60. The van der Waals surface area contributed by atoms with Crippen molar-refractivity contribution >= 4 is 17.7 Å². The highest BCUT2D eigenvalue weighted by atomic mass is 19.1. The number of nitrogens with zero attached hydrogens (tertiary/aromatic N) is 1. The van der Waals surface area contributed by atoms with Crippen LogP contribution in [0, 0.1) is 18.7 Å². The van der Waals surface area contributed by atoms with Crippen LogP contribution >= 0.6 is 0 Å². The normalized spacial score (nSPS) is 22.6. The standard InChI is InChI=1S/C27H32FN3O3/c1-18-8-2-3-12-22(18)26(33)30-24-14-5-4-13-23(24)29-25(32)20-10-7-15-31(17-20)27(34)19-9-6-11-21(28)16-19/h2-3,6,8-9,11-12,16,20,23-24H,4-5,7,10,13-15,17H2,1H3,(H,29,32)(H,30,33)/t20?,23?,24-/m1/s1. The fourth-order valence-electron chi connectivity index (χ4n) is 5.03. The topological polar surface area (TPSA) is 78.5 Å². The molecule has 2 aromatic carbocycles. The van der Waals surface area contributed by atoms with E-state index in [2.05, 4.69) is 10.6 Å². The number of likely N-dealkylation sites (tertiary alicyclic amines) is 1. The molecule has 0 spiro atoms. The van der Waals surface area contributed by atoms with Crippen LogP contribution in [0.4, 0.5) is 4.39 Å². The Balaban J connectivity index is 1.37. The number of nitrogens with one attached hydrogen (secondary N) is 2. The van der Waals surface area contributed by atoms with Gasteiger partial charge in [0.25, 0.3) is 11.8 Å². The van der Waals surface area contributed by atoms with Crippen LogP contribution in [-0.4, -0.2) is 47.8 Å². The number of aryl methyl sites for hydroxylation is 1. The third-order valence-corrected chi connectivity index (χ3v) is 6.95. The van der Waals surface area contributed by atoms with Crippen LogP contribution in [0.2, 0.25) is 0 Å². The van der Waals surface area contributed by atoms with Gasteiger partial charge in [0.1, 0.15) is 5.82 Å². The zero-order chi connectivity index (χ0) is 24.1. The van der Waals surface area contributed by atoms with Crippen molar-refractivity contribution in [1.82, 2.24) is 15.5 Å². The molecule has 2 N–H and O–H groups in total. The van der Waals surface area contributed by atoms with E-state index in [-0.39, 0.29) is 35.7 Å². The molecule has 4 rings (SSSR count). The minimum atomic E-state index is -0.451. The van der Waals surface area contributed by atoms with E-state index in [1.807, 2.05) is 31.2 Å². The number of benzene rings is 2. The fraction of sp³-hybridized carbons (Fsp3) is 0.444. The monoisotopic (exact) mass is 465 g/mol. The summed E-state index contributed by atoms with van der Waals surface area (Å²) < 4.78 is 13.6.